The van der Waals surface area contributed by atoms with Crippen molar-refractivity contribution in [3.63, 3.8) is 0 Å². The fraction of sp³-hybridized carbons (Fsp3) is 0.200. The van der Waals surface area contributed by atoms with Gasteiger partial charge in [-0.15, -0.1) is 0 Å². The van der Waals surface area contributed by atoms with E-state index in [9.17, 15) is 19.2 Å². The van der Waals surface area contributed by atoms with E-state index >= 15 is 0 Å². The van der Waals surface area contributed by atoms with Gasteiger partial charge in [0.25, 0.3) is 5.91 Å². The summed E-state index contributed by atoms with van der Waals surface area (Å²) in [5.41, 5.74) is 5.34. The average Bonchev–Trinajstić information content (AvgIpc) is 3.65. The fourth-order valence-electron chi connectivity index (χ4n) is 6.02. The maximum absolute atomic E-state index is 13.2. The van der Waals surface area contributed by atoms with E-state index in [1.165, 1.54) is 0 Å². The third-order valence-electron chi connectivity index (χ3n) is 8.37. The van der Waals surface area contributed by atoms with Gasteiger partial charge in [0.2, 0.25) is 23.4 Å². The third-order valence-corrected chi connectivity index (χ3v) is 8.37. The van der Waals surface area contributed by atoms with Gasteiger partial charge in [-0.25, -0.2) is 4.98 Å². The Hall–Kier alpha value is -5.84. The number of benzene rings is 2. The number of carbonyl (C=O) groups excluding carboxylic acids is 4. The van der Waals surface area contributed by atoms with E-state index in [1.807, 2.05) is 66.7 Å². The first-order valence-electron chi connectivity index (χ1n) is 15.0. The molecule has 4 amide bonds. The van der Waals surface area contributed by atoms with E-state index in [4.69, 9.17) is 4.42 Å². The third kappa shape index (κ3) is 5.82. The minimum absolute atomic E-state index is 0.168. The van der Waals surface area contributed by atoms with Gasteiger partial charge in [-0.2, -0.15) is 0 Å². The summed E-state index contributed by atoms with van der Waals surface area (Å²) in [6.07, 6.45) is 5.75. The lowest BCUT2D eigenvalue weighted by atomic mass is 10.0. The van der Waals surface area contributed by atoms with Gasteiger partial charge >= 0.3 is 0 Å². The SMILES string of the molecule is O=C1CCC(N2Cc3c(NCc4ccc(CC(=O)NC(c5cccnc5)c5cc6cccnc6o5)cc4)cccc3C2=O)C(=O)N1. The van der Waals surface area contributed by atoms with Crippen molar-refractivity contribution in [2.24, 2.45) is 0 Å². The molecule has 11 nitrogen and oxygen atoms in total. The number of rotatable bonds is 9. The second-order valence-corrected chi connectivity index (χ2v) is 11.4. The van der Waals surface area contributed by atoms with Gasteiger partial charge in [-0.05, 0) is 53.9 Å². The van der Waals surface area contributed by atoms with E-state index in [-0.39, 0.29) is 30.6 Å². The number of hydrogen-bond acceptors (Lipinski definition) is 8. The van der Waals surface area contributed by atoms with Crippen LogP contribution in [-0.4, -0.2) is 44.5 Å². The van der Waals surface area contributed by atoms with E-state index < -0.39 is 18.0 Å². The van der Waals surface area contributed by atoms with E-state index in [0.717, 1.165) is 33.3 Å². The van der Waals surface area contributed by atoms with Crippen LogP contribution in [0.5, 0.6) is 0 Å². The van der Waals surface area contributed by atoms with Crippen LogP contribution in [0.4, 0.5) is 5.69 Å². The first-order chi connectivity index (χ1) is 22.4. The van der Waals surface area contributed by atoms with Crippen molar-refractivity contribution in [3.8, 4) is 0 Å². The summed E-state index contributed by atoms with van der Waals surface area (Å²) in [4.78, 5) is 60.4. The van der Waals surface area contributed by atoms with Gasteiger partial charge < -0.3 is 20.0 Å². The highest BCUT2D eigenvalue weighted by Gasteiger charge is 2.39. The molecule has 230 valence electrons. The molecule has 2 unspecified atom stereocenters. The predicted octanol–water partition coefficient (Wildman–Crippen LogP) is 4.04. The molecule has 5 aromatic rings. The van der Waals surface area contributed by atoms with Crippen molar-refractivity contribution in [1.82, 2.24) is 25.5 Å². The highest BCUT2D eigenvalue weighted by atomic mass is 16.3. The number of piperidine rings is 1. The van der Waals surface area contributed by atoms with Crippen LogP contribution in [0.2, 0.25) is 0 Å². The number of furan rings is 1. The van der Waals surface area contributed by atoms with Crippen LogP contribution in [-0.2, 0) is 33.9 Å². The van der Waals surface area contributed by atoms with Gasteiger partial charge in [-0.1, -0.05) is 36.4 Å². The van der Waals surface area contributed by atoms with E-state index in [1.54, 1.807) is 29.6 Å². The number of nitrogens with zero attached hydrogens (tertiary/aromatic N) is 3. The summed E-state index contributed by atoms with van der Waals surface area (Å²) in [5, 5.41) is 9.71. The topological polar surface area (TPSA) is 147 Å². The lowest BCUT2D eigenvalue weighted by Crippen LogP contribution is -2.52. The van der Waals surface area contributed by atoms with Gasteiger partial charge in [0, 0.05) is 65.9 Å². The molecule has 2 atom stereocenters. The van der Waals surface area contributed by atoms with Crippen molar-refractivity contribution in [2.75, 3.05) is 5.32 Å². The Morgan fingerprint density at radius 1 is 1.00 bits per heavy atom. The molecule has 2 aliphatic heterocycles. The second kappa shape index (κ2) is 12.3. The molecule has 11 heteroatoms. The number of aromatic nitrogens is 2. The molecule has 0 radical (unpaired) electrons. The molecule has 3 N–H and O–H groups in total. The van der Waals surface area contributed by atoms with Crippen LogP contribution in [0.25, 0.3) is 11.1 Å². The largest absolute Gasteiger partial charge is 0.440 e. The number of imide groups is 1. The number of pyridine rings is 2. The molecular formula is C35H30N6O5. The number of anilines is 1. The Morgan fingerprint density at radius 2 is 1.83 bits per heavy atom. The molecule has 2 aromatic carbocycles. The molecular weight excluding hydrogens is 584 g/mol. The smallest absolute Gasteiger partial charge is 0.255 e. The zero-order chi connectivity index (χ0) is 31.6. The monoisotopic (exact) mass is 614 g/mol. The zero-order valence-electron chi connectivity index (χ0n) is 24.7. The Bertz CT molecular complexity index is 1920. The summed E-state index contributed by atoms with van der Waals surface area (Å²) in [7, 11) is 0. The van der Waals surface area contributed by atoms with Crippen molar-refractivity contribution >= 4 is 40.4 Å². The first-order valence-corrected chi connectivity index (χ1v) is 15.0. The van der Waals surface area contributed by atoms with Crippen LogP contribution in [0.15, 0.2) is 95.8 Å². The van der Waals surface area contributed by atoms with Gasteiger partial charge in [0.15, 0.2) is 0 Å². The summed E-state index contributed by atoms with van der Waals surface area (Å²) < 4.78 is 5.98. The molecule has 3 aromatic heterocycles. The molecule has 5 heterocycles. The predicted molar refractivity (Wildman–Crippen MR) is 168 cm³/mol. The molecule has 0 aliphatic carbocycles. The summed E-state index contributed by atoms with van der Waals surface area (Å²) in [6.45, 7) is 0.793. The number of carbonyl (C=O) groups is 4. The van der Waals surface area contributed by atoms with Gasteiger partial charge in [0.05, 0.1) is 6.42 Å². The van der Waals surface area contributed by atoms with E-state index in [2.05, 4.69) is 25.9 Å². The zero-order valence-corrected chi connectivity index (χ0v) is 24.7. The fourth-order valence-corrected chi connectivity index (χ4v) is 6.02. The number of amides is 4. The van der Waals surface area contributed by atoms with Crippen LogP contribution in [0, 0.1) is 0 Å². The highest BCUT2D eigenvalue weighted by Crippen LogP contribution is 2.33. The molecule has 46 heavy (non-hydrogen) atoms. The second-order valence-electron chi connectivity index (χ2n) is 11.4. The lowest BCUT2D eigenvalue weighted by molar-refractivity contribution is -0.137. The molecule has 0 spiro atoms. The van der Waals surface area contributed by atoms with Crippen molar-refractivity contribution in [3.05, 3.63) is 125 Å². The Kier molecular flexibility index (Phi) is 7.71. The normalized spacial score (nSPS) is 16.7. The maximum Gasteiger partial charge on any atom is 0.255 e. The van der Waals surface area contributed by atoms with Crippen molar-refractivity contribution in [2.45, 2.75) is 44.4 Å². The Morgan fingerprint density at radius 3 is 2.61 bits per heavy atom. The van der Waals surface area contributed by atoms with Crippen molar-refractivity contribution in [1.29, 1.82) is 0 Å². The molecule has 2 aliphatic rings. The van der Waals surface area contributed by atoms with Crippen LogP contribution in [0.1, 0.15) is 57.3 Å². The lowest BCUT2D eigenvalue weighted by Gasteiger charge is -2.29. The quantitative estimate of drug-likeness (QED) is 0.211. The summed E-state index contributed by atoms with van der Waals surface area (Å²) >= 11 is 0. The van der Waals surface area contributed by atoms with Crippen LogP contribution in [0.3, 0.4) is 0 Å². The van der Waals surface area contributed by atoms with Crippen molar-refractivity contribution < 1.29 is 23.6 Å². The Balaban J connectivity index is 0.993. The van der Waals surface area contributed by atoms with Crippen LogP contribution < -0.4 is 16.0 Å². The highest BCUT2D eigenvalue weighted by molar-refractivity contribution is 6.06. The van der Waals surface area contributed by atoms with Gasteiger partial charge in [-0.3, -0.25) is 29.5 Å². The number of nitrogens with one attached hydrogen (secondary N) is 3. The summed E-state index contributed by atoms with van der Waals surface area (Å²) in [5.74, 6) is -0.545. The molecule has 1 saturated heterocycles. The Labute approximate surface area is 264 Å². The number of hydrogen-bond donors (Lipinski definition) is 3. The minimum atomic E-state index is -0.662. The molecule has 7 rings (SSSR count). The summed E-state index contributed by atoms with van der Waals surface area (Å²) in [6, 6.07) is 21.4. The van der Waals surface area contributed by atoms with E-state index in [0.29, 0.717) is 36.5 Å². The molecule has 1 fully saturated rings. The molecule has 0 bridgehead atoms. The standard InChI is InChI=1S/C35H30N6O5/c42-30-13-12-28(33(44)40-30)41-20-26-25(35(41)45)6-1-7-27(26)38-18-22-10-8-21(9-11-22)16-31(43)39-32(24-5-2-14-36-19-24)29-17-23-4-3-15-37-34(23)46-29/h1-11,14-15,17,19,28,32,38H,12-13,16,18,20H2,(H,39,43)(H,40,42,44). The number of fused-ring (bicyclic) bond motifs is 2. The average molecular weight is 615 g/mol. The maximum atomic E-state index is 13.2. The first kappa shape index (κ1) is 28.9. The van der Waals surface area contributed by atoms with Gasteiger partial charge in [0.1, 0.15) is 17.8 Å². The van der Waals surface area contributed by atoms with Crippen LogP contribution >= 0.6 is 0 Å². The molecule has 0 saturated carbocycles. The minimum Gasteiger partial charge on any atom is -0.440 e.